The van der Waals surface area contributed by atoms with Crippen molar-refractivity contribution >= 4 is 0 Å². The van der Waals surface area contributed by atoms with Crippen molar-refractivity contribution in [1.82, 2.24) is 4.98 Å². The van der Waals surface area contributed by atoms with E-state index in [4.69, 9.17) is 5.73 Å². The third-order valence-electron chi connectivity index (χ3n) is 2.14. The molecule has 1 rings (SSSR count). The SMILES string of the molecule is CC(C)[C@H](N)c1cc[nH]c1C(F)(F)F. The van der Waals surface area contributed by atoms with Crippen molar-refractivity contribution in [1.29, 1.82) is 0 Å². The van der Waals surface area contributed by atoms with Crippen LogP contribution in [-0.4, -0.2) is 4.98 Å². The molecule has 0 saturated heterocycles. The molecule has 0 fully saturated rings. The normalized spacial score (nSPS) is 14.8. The first kappa shape index (κ1) is 11.1. The number of hydrogen-bond acceptors (Lipinski definition) is 1. The number of aromatic amines is 1. The standard InChI is InChI=1S/C9H13F3N2/c1-5(2)7(13)6-3-4-14-8(6)9(10,11)12/h3-5,7,14H,13H2,1-2H3/t7-/m0/s1. The summed E-state index contributed by atoms with van der Waals surface area (Å²) in [4.78, 5) is 2.18. The van der Waals surface area contributed by atoms with Crippen molar-refractivity contribution in [3.63, 3.8) is 0 Å². The zero-order valence-corrected chi connectivity index (χ0v) is 8.02. The number of nitrogens with two attached hydrogens (primary N) is 1. The molecule has 1 aromatic rings. The molecule has 1 atom stereocenters. The molecule has 2 nitrogen and oxygen atoms in total. The minimum Gasteiger partial charge on any atom is -0.357 e. The average Bonchev–Trinajstić information content (AvgIpc) is 2.48. The summed E-state index contributed by atoms with van der Waals surface area (Å²) in [5.74, 6) is -0.0214. The van der Waals surface area contributed by atoms with Gasteiger partial charge in [0.15, 0.2) is 0 Å². The molecule has 14 heavy (non-hydrogen) atoms. The van der Waals surface area contributed by atoms with Gasteiger partial charge in [-0.25, -0.2) is 0 Å². The van der Waals surface area contributed by atoms with E-state index in [-0.39, 0.29) is 11.5 Å². The lowest BCUT2D eigenvalue weighted by molar-refractivity contribution is -0.141. The van der Waals surface area contributed by atoms with Gasteiger partial charge in [0.25, 0.3) is 0 Å². The van der Waals surface area contributed by atoms with Crippen LogP contribution in [0.2, 0.25) is 0 Å². The van der Waals surface area contributed by atoms with Gasteiger partial charge in [-0.1, -0.05) is 13.8 Å². The van der Waals surface area contributed by atoms with Gasteiger partial charge in [0, 0.05) is 12.2 Å². The highest BCUT2D eigenvalue weighted by molar-refractivity contribution is 5.26. The fourth-order valence-corrected chi connectivity index (χ4v) is 1.26. The summed E-state index contributed by atoms with van der Waals surface area (Å²) in [5, 5.41) is 0. The van der Waals surface area contributed by atoms with Crippen LogP contribution in [-0.2, 0) is 6.18 Å². The highest BCUT2D eigenvalue weighted by Gasteiger charge is 2.36. The Morgan fingerprint density at radius 3 is 2.36 bits per heavy atom. The van der Waals surface area contributed by atoms with E-state index in [2.05, 4.69) is 4.98 Å². The quantitative estimate of drug-likeness (QED) is 0.767. The number of halogens is 3. The van der Waals surface area contributed by atoms with Crippen molar-refractivity contribution in [3.8, 4) is 0 Å². The summed E-state index contributed by atoms with van der Waals surface area (Å²) in [6.07, 6.45) is -3.09. The maximum atomic E-state index is 12.4. The smallest absolute Gasteiger partial charge is 0.357 e. The molecule has 0 aliphatic carbocycles. The Morgan fingerprint density at radius 2 is 1.93 bits per heavy atom. The average molecular weight is 206 g/mol. The van der Waals surface area contributed by atoms with Gasteiger partial charge in [0.2, 0.25) is 0 Å². The molecular weight excluding hydrogens is 193 g/mol. The fourth-order valence-electron chi connectivity index (χ4n) is 1.26. The monoisotopic (exact) mass is 206 g/mol. The number of rotatable bonds is 2. The zero-order valence-electron chi connectivity index (χ0n) is 8.02. The zero-order chi connectivity index (χ0) is 10.9. The second kappa shape index (κ2) is 3.65. The van der Waals surface area contributed by atoms with Gasteiger partial charge >= 0.3 is 6.18 Å². The Bertz CT molecular complexity index is 301. The van der Waals surface area contributed by atoms with Crippen LogP contribution in [0.1, 0.15) is 31.1 Å². The molecule has 5 heteroatoms. The van der Waals surface area contributed by atoms with E-state index in [9.17, 15) is 13.2 Å². The summed E-state index contributed by atoms with van der Waals surface area (Å²) in [6, 6.07) is 0.797. The molecule has 0 spiro atoms. The minimum atomic E-state index is -4.36. The first-order valence-electron chi connectivity index (χ1n) is 4.34. The second-order valence-corrected chi connectivity index (χ2v) is 3.58. The second-order valence-electron chi connectivity index (χ2n) is 3.58. The highest BCUT2D eigenvalue weighted by Crippen LogP contribution is 2.34. The summed E-state index contributed by atoms with van der Waals surface area (Å²) >= 11 is 0. The number of H-pyrrole nitrogens is 1. The summed E-state index contributed by atoms with van der Waals surface area (Å²) in [6.45, 7) is 3.58. The largest absolute Gasteiger partial charge is 0.431 e. The third-order valence-corrected chi connectivity index (χ3v) is 2.14. The Hall–Kier alpha value is -0.970. The van der Waals surface area contributed by atoms with Crippen LogP contribution >= 0.6 is 0 Å². The van der Waals surface area contributed by atoms with Gasteiger partial charge in [-0.3, -0.25) is 0 Å². The summed E-state index contributed by atoms with van der Waals surface area (Å²) in [7, 11) is 0. The minimum absolute atomic E-state index is 0.0214. The molecule has 0 unspecified atom stereocenters. The predicted molar refractivity (Wildman–Crippen MR) is 47.6 cm³/mol. The molecule has 0 bridgehead atoms. The molecule has 1 heterocycles. The predicted octanol–water partition coefficient (Wildman–Crippen LogP) is 2.69. The summed E-state index contributed by atoms with van der Waals surface area (Å²) < 4.78 is 37.3. The van der Waals surface area contributed by atoms with Crippen molar-refractivity contribution in [2.24, 2.45) is 11.7 Å². The molecule has 0 saturated carbocycles. The topological polar surface area (TPSA) is 41.8 Å². The van der Waals surface area contributed by atoms with Gasteiger partial charge in [-0.15, -0.1) is 0 Å². The van der Waals surface area contributed by atoms with Crippen LogP contribution in [0, 0.1) is 5.92 Å². The van der Waals surface area contributed by atoms with Gasteiger partial charge < -0.3 is 10.7 Å². The van der Waals surface area contributed by atoms with E-state index in [0.717, 1.165) is 0 Å². The third kappa shape index (κ3) is 2.09. The lowest BCUT2D eigenvalue weighted by Gasteiger charge is -2.17. The van der Waals surface area contributed by atoms with Gasteiger partial charge in [-0.2, -0.15) is 13.2 Å². The van der Waals surface area contributed by atoms with Crippen molar-refractivity contribution in [2.75, 3.05) is 0 Å². The maximum absolute atomic E-state index is 12.4. The Balaban J connectivity index is 3.05. The Morgan fingerprint density at radius 1 is 1.36 bits per heavy atom. The summed E-state index contributed by atoms with van der Waals surface area (Å²) in [5.41, 5.74) is 5.05. The molecule has 0 amide bonds. The van der Waals surface area contributed by atoms with Crippen molar-refractivity contribution in [2.45, 2.75) is 26.1 Å². The molecule has 3 N–H and O–H groups in total. The van der Waals surface area contributed by atoms with E-state index in [1.807, 2.05) is 0 Å². The number of hydrogen-bond donors (Lipinski definition) is 2. The molecule has 80 valence electrons. The van der Waals surface area contributed by atoms with Crippen molar-refractivity contribution in [3.05, 3.63) is 23.5 Å². The van der Waals surface area contributed by atoms with Gasteiger partial charge in [0.1, 0.15) is 5.69 Å². The number of alkyl halides is 3. The van der Waals surface area contributed by atoms with E-state index in [1.165, 1.54) is 12.3 Å². The molecule has 0 radical (unpaired) electrons. The molecule has 0 aromatic carbocycles. The molecule has 0 aliphatic heterocycles. The highest BCUT2D eigenvalue weighted by atomic mass is 19.4. The van der Waals surface area contributed by atoms with Crippen LogP contribution in [0.3, 0.4) is 0 Å². The Labute approximate surface area is 80.3 Å². The Kier molecular flexibility index (Phi) is 2.89. The van der Waals surface area contributed by atoms with Gasteiger partial charge in [-0.05, 0) is 17.5 Å². The van der Waals surface area contributed by atoms with Crippen LogP contribution in [0.5, 0.6) is 0 Å². The number of nitrogens with one attached hydrogen (secondary N) is 1. The van der Waals surface area contributed by atoms with Crippen LogP contribution in [0.25, 0.3) is 0 Å². The van der Waals surface area contributed by atoms with E-state index < -0.39 is 17.9 Å². The number of aromatic nitrogens is 1. The fraction of sp³-hybridized carbons (Fsp3) is 0.556. The molecule has 1 aromatic heterocycles. The first-order chi connectivity index (χ1) is 6.34. The van der Waals surface area contributed by atoms with E-state index in [0.29, 0.717) is 0 Å². The molecular formula is C9H13F3N2. The van der Waals surface area contributed by atoms with Crippen LogP contribution in [0.4, 0.5) is 13.2 Å². The molecule has 0 aliphatic rings. The maximum Gasteiger partial charge on any atom is 0.431 e. The lowest BCUT2D eigenvalue weighted by Crippen LogP contribution is -2.20. The van der Waals surface area contributed by atoms with Gasteiger partial charge in [0.05, 0.1) is 0 Å². The van der Waals surface area contributed by atoms with Crippen LogP contribution < -0.4 is 5.73 Å². The van der Waals surface area contributed by atoms with E-state index >= 15 is 0 Å². The lowest BCUT2D eigenvalue weighted by atomic mass is 9.97. The first-order valence-corrected chi connectivity index (χ1v) is 4.34. The van der Waals surface area contributed by atoms with Crippen molar-refractivity contribution < 1.29 is 13.2 Å². The van der Waals surface area contributed by atoms with Crippen LogP contribution in [0.15, 0.2) is 12.3 Å². The van der Waals surface area contributed by atoms with E-state index in [1.54, 1.807) is 13.8 Å².